The van der Waals surface area contributed by atoms with E-state index >= 15 is 0 Å². The minimum Gasteiger partial charge on any atom is -0.457 e. The van der Waals surface area contributed by atoms with Gasteiger partial charge < -0.3 is 28.7 Å². The van der Waals surface area contributed by atoms with Crippen molar-refractivity contribution < 1.29 is 28.2 Å². The molecule has 9 heteroatoms. The van der Waals surface area contributed by atoms with E-state index in [1.807, 2.05) is 66.7 Å². The zero-order valence-corrected chi connectivity index (χ0v) is 22.1. The van der Waals surface area contributed by atoms with Crippen LogP contribution in [0.2, 0.25) is 0 Å². The van der Waals surface area contributed by atoms with Crippen LogP contribution in [0.25, 0.3) is 0 Å². The van der Waals surface area contributed by atoms with Crippen molar-refractivity contribution in [1.29, 1.82) is 0 Å². The lowest BCUT2D eigenvalue weighted by Gasteiger charge is -2.21. The summed E-state index contributed by atoms with van der Waals surface area (Å²) in [6, 6.07) is 23.6. The van der Waals surface area contributed by atoms with E-state index in [2.05, 4.69) is 21.3 Å². The highest BCUT2D eigenvalue weighted by atomic mass is 16.7. The van der Waals surface area contributed by atoms with Gasteiger partial charge in [0.15, 0.2) is 17.2 Å². The first-order valence-electron chi connectivity index (χ1n) is 13.4. The fraction of sp³-hybridized carbons (Fsp3) is 0.290. The minimum atomic E-state index is -0.265. The van der Waals surface area contributed by atoms with Crippen LogP contribution in [-0.4, -0.2) is 41.8 Å². The number of benzene rings is 3. The summed E-state index contributed by atoms with van der Waals surface area (Å²) in [5.74, 6) is 3.21. The summed E-state index contributed by atoms with van der Waals surface area (Å²) in [6.07, 6.45) is 3.45. The SMILES string of the molecule is O=C(NC[C@@H]1CCCO1)c1coc(CN(Cc2cccc(Oc3ccccc3)c2)Cc2ccc3c(c2)OCO3)n1. The van der Waals surface area contributed by atoms with Crippen LogP contribution in [0.15, 0.2) is 83.5 Å². The summed E-state index contributed by atoms with van der Waals surface area (Å²) in [4.78, 5) is 19.3. The van der Waals surface area contributed by atoms with Crippen LogP contribution in [0, 0.1) is 0 Å². The molecule has 0 saturated carbocycles. The second kappa shape index (κ2) is 12.2. The molecular weight excluding hydrogens is 510 g/mol. The second-order valence-corrected chi connectivity index (χ2v) is 9.87. The predicted octanol–water partition coefficient (Wildman–Crippen LogP) is 5.31. The number of nitrogens with zero attached hydrogens (tertiary/aromatic N) is 2. The second-order valence-electron chi connectivity index (χ2n) is 9.87. The van der Waals surface area contributed by atoms with E-state index in [4.69, 9.17) is 23.4 Å². The Balaban J connectivity index is 1.16. The van der Waals surface area contributed by atoms with Gasteiger partial charge in [0.05, 0.1) is 12.6 Å². The average Bonchev–Trinajstić information content (AvgIpc) is 3.75. The van der Waals surface area contributed by atoms with E-state index in [1.54, 1.807) is 0 Å². The van der Waals surface area contributed by atoms with Crippen LogP contribution in [-0.2, 0) is 24.4 Å². The van der Waals surface area contributed by atoms with Crippen molar-refractivity contribution in [3.63, 3.8) is 0 Å². The van der Waals surface area contributed by atoms with E-state index in [1.165, 1.54) is 6.26 Å². The maximum Gasteiger partial charge on any atom is 0.273 e. The average molecular weight is 542 g/mol. The standard InChI is InChI=1S/C31H31N3O6/c35-31(32-16-26-10-5-13-36-26)27-20-37-30(33-27)19-34(18-23-11-12-28-29(15-23)39-21-38-28)17-22-6-4-9-25(14-22)40-24-7-2-1-3-8-24/h1-4,6-9,11-12,14-15,20,26H,5,10,13,16-19,21H2,(H,32,35)/t26-/m0/s1. The van der Waals surface area contributed by atoms with E-state index < -0.39 is 0 Å². The topological polar surface area (TPSA) is 95.3 Å². The first-order valence-corrected chi connectivity index (χ1v) is 13.4. The van der Waals surface area contributed by atoms with Gasteiger partial charge in [0, 0.05) is 26.2 Å². The van der Waals surface area contributed by atoms with Crippen LogP contribution in [0.5, 0.6) is 23.0 Å². The van der Waals surface area contributed by atoms with Crippen molar-refractivity contribution in [3.8, 4) is 23.0 Å². The number of ether oxygens (including phenoxy) is 4. The molecule has 9 nitrogen and oxygen atoms in total. The van der Waals surface area contributed by atoms with Gasteiger partial charge in [0.25, 0.3) is 5.91 Å². The Labute approximate surface area is 232 Å². The van der Waals surface area contributed by atoms with Gasteiger partial charge in [0.1, 0.15) is 17.8 Å². The summed E-state index contributed by atoms with van der Waals surface area (Å²) in [7, 11) is 0. The maximum absolute atomic E-state index is 12.6. The molecule has 0 radical (unpaired) electrons. The maximum atomic E-state index is 12.6. The summed E-state index contributed by atoms with van der Waals surface area (Å²) in [5, 5.41) is 2.90. The number of rotatable bonds is 11. The number of fused-ring (bicyclic) bond motifs is 1. The first kappa shape index (κ1) is 25.9. The molecule has 0 unspecified atom stereocenters. The number of carbonyl (C=O) groups excluding carboxylic acids is 1. The minimum absolute atomic E-state index is 0.0640. The molecule has 2 aliphatic heterocycles. The number of nitrogens with one attached hydrogen (secondary N) is 1. The predicted molar refractivity (Wildman–Crippen MR) is 146 cm³/mol. The number of carbonyl (C=O) groups is 1. The van der Waals surface area contributed by atoms with E-state index in [0.717, 1.165) is 53.6 Å². The third-order valence-corrected chi connectivity index (χ3v) is 6.78. The number of para-hydroxylation sites is 1. The molecule has 1 fully saturated rings. The number of amides is 1. The van der Waals surface area contributed by atoms with Gasteiger partial charge in [-0.25, -0.2) is 4.98 Å². The zero-order chi connectivity index (χ0) is 27.1. The fourth-order valence-corrected chi connectivity index (χ4v) is 4.84. The highest BCUT2D eigenvalue weighted by Crippen LogP contribution is 2.33. The molecular formula is C31H31N3O6. The Kier molecular flexibility index (Phi) is 7.92. The van der Waals surface area contributed by atoms with Crippen molar-refractivity contribution in [2.75, 3.05) is 19.9 Å². The molecule has 206 valence electrons. The summed E-state index contributed by atoms with van der Waals surface area (Å²) in [5.41, 5.74) is 2.38. The van der Waals surface area contributed by atoms with Gasteiger partial charge >= 0.3 is 0 Å². The lowest BCUT2D eigenvalue weighted by Crippen LogP contribution is -2.32. The lowest BCUT2D eigenvalue weighted by molar-refractivity contribution is 0.0853. The number of hydrogen-bond acceptors (Lipinski definition) is 8. The zero-order valence-electron chi connectivity index (χ0n) is 22.1. The Morgan fingerprint density at radius 3 is 2.60 bits per heavy atom. The molecule has 40 heavy (non-hydrogen) atoms. The van der Waals surface area contributed by atoms with Gasteiger partial charge in [-0.2, -0.15) is 0 Å². The van der Waals surface area contributed by atoms with Crippen molar-refractivity contribution >= 4 is 5.91 Å². The van der Waals surface area contributed by atoms with E-state index in [-0.39, 0.29) is 24.5 Å². The summed E-state index contributed by atoms with van der Waals surface area (Å²) < 4.78 is 28.4. The Morgan fingerprint density at radius 1 is 0.925 bits per heavy atom. The number of aromatic nitrogens is 1. The molecule has 0 spiro atoms. The molecule has 4 aromatic rings. The van der Waals surface area contributed by atoms with Crippen LogP contribution in [0.1, 0.15) is 40.3 Å². The lowest BCUT2D eigenvalue weighted by atomic mass is 10.1. The Bertz CT molecular complexity index is 1430. The molecule has 2 aliphatic rings. The number of hydrogen-bond donors (Lipinski definition) is 1. The quantitative estimate of drug-likeness (QED) is 0.273. The highest BCUT2D eigenvalue weighted by molar-refractivity contribution is 5.91. The highest BCUT2D eigenvalue weighted by Gasteiger charge is 2.20. The summed E-state index contributed by atoms with van der Waals surface area (Å²) >= 11 is 0. The molecule has 3 heterocycles. The van der Waals surface area contributed by atoms with Crippen LogP contribution in [0.3, 0.4) is 0 Å². The first-order chi connectivity index (χ1) is 19.7. The van der Waals surface area contributed by atoms with Crippen molar-refractivity contribution in [3.05, 3.63) is 102 Å². The van der Waals surface area contributed by atoms with Crippen LogP contribution in [0.4, 0.5) is 0 Å². The molecule has 1 aromatic heterocycles. The normalized spacial score (nSPS) is 15.9. The molecule has 1 saturated heterocycles. The van der Waals surface area contributed by atoms with Crippen molar-refractivity contribution in [2.45, 2.75) is 38.6 Å². The molecule has 3 aromatic carbocycles. The van der Waals surface area contributed by atoms with Crippen molar-refractivity contribution in [2.24, 2.45) is 0 Å². The van der Waals surface area contributed by atoms with Crippen LogP contribution >= 0.6 is 0 Å². The van der Waals surface area contributed by atoms with Gasteiger partial charge in [-0.15, -0.1) is 0 Å². The van der Waals surface area contributed by atoms with Gasteiger partial charge in [-0.3, -0.25) is 9.69 Å². The van der Waals surface area contributed by atoms with Crippen molar-refractivity contribution in [1.82, 2.24) is 15.2 Å². The molecule has 1 amide bonds. The van der Waals surface area contributed by atoms with E-state index in [9.17, 15) is 4.79 Å². The molecule has 0 bridgehead atoms. The Hall–Kier alpha value is -4.34. The van der Waals surface area contributed by atoms with Gasteiger partial charge in [-0.1, -0.05) is 36.4 Å². The monoisotopic (exact) mass is 541 g/mol. The van der Waals surface area contributed by atoms with Gasteiger partial charge in [-0.05, 0) is 60.4 Å². The van der Waals surface area contributed by atoms with Gasteiger partial charge in [0.2, 0.25) is 12.7 Å². The largest absolute Gasteiger partial charge is 0.457 e. The smallest absolute Gasteiger partial charge is 0.273 e. The number of oxazole rings is 1. The summed E-state index contributed by atoms with van der Waals surface area (Å²) in [6.45, 7) is 3.04. The third kappa shape index (κ3) is 6.62. The molecule has 1 N–H and O–H groups in total. The molecule has 1 atom stereocenters. The molecule has 0 aliphatic carbocycles. The third-order valence-electron chi connectivity index (χ3n) is 6.78. The van der Waals surface area contributed by atoms with Crippen LogP contribution < -0.4 is 19.5 Å². The fourth-order valence-electron chi connectivity index (χ4n) is 4.84. The van der Waals surface area contributed by atoms with E-state index in [0.29, 0.717) is 32.1 Å². The molecule has 6 rings (SSSR count). The Morgan fingerprint density at radius 2 is 1.75 bits per heavy atom.